The summed E-state index contributed by atoms with van der Waals surface area (Å²) in [5.74, 6) is 0.801. The van der Waals surface area contributed by atoms with Crippen molar-refractivity contribution < 1.29 is 9.53 Å². The Labute approximate surface area is 165 Å². The number of rotatable bonds is 5. The summed E-state index contributed by atoms with van der Waals surface area (Å²) in [6, 6.07) is 12.4. The molecule has 1 saturated heterocycles. The number of carbonyl (C=O) groups excluding carboxylic acids is 1. The fourth-order valence-corrected chi connectivity index (χ4v) is 3.72. The molecule has 3 heterocycles. The Hall–Kier alpha value is -2.86. The molecule has 1 aromatic carbocycles. The highest BCUT2D eigenvalue weighted by atomic mass is 16.5. The predicted octanol–water partition coefficient (Wildman–Crippen LogP) is 3.05. The van der Waals surface area contributed by atoms with Crippen molar-refractivity contribution >= 4 is 11.6 Å². The molecule has 0 spiro atoms. The first-order valence-electron chi connectivity index (χ1n) is 9.72. The molecule has 28 heavy (non-hydrogen) atoms. The molecule has 0 radical (unpaired) electrons. The van der Waals surface area contributed by atoms with Crippen molar-refractivity contribution in [2.75, 3.05) is 20.2 Å². The zero-order valence-electron chi connectivity index (χ0n) is 16.4. The molecule has 0 saturated carbocycles. The number of hydrogen-bond acceptors (Lipinski definition) is 4. The van der Waals surface area contributed by atoms with E-state index in [0.29, 0.717) is 5.69 Å². The summed E-state index contributed by atoms with van der Waals surface area (Å²) in [6.07, 6.45) is 5.62. The molecule has 1 fully saturated rings. The van der Waals surface area contributed by atoms with Crippen molar-refractivity contribution in [2.45, 2.75) is 32.4 Å². The van der Waals surface area contributed by atoms with Crippen molar-refractivity contribution in [2.24, 2.45) is 0 Å². The van der Waals surface area contributed by atoms with Gasteiger partial charge in [-0.3, -0.25) is 9.69 Å². The van der Waals surface area contributed by atoms with Crippen LogP contribution in [-0.4, -0.2) is 46.4 Å². The Morgan fingerprint density at radius 1 is 1.25 bits per heavy atom. The third-order valence-corrected chi connectivity index (χ3v) is 5.31. The fraction of sp³-hybridized carbons (Fsp3) is 0.364. The number of methoxy groups -OCH3 is 1. The molecule has 0 unspecified atom stereocenters. The second-order valence-electron chi connectivity index (χ2n) is 7.47. The van der Waals surface area contributed by atoms with E-state index in [1.807, 2.05) is 41.8 Å². The van der Waals surface area contributed by atoms with Crippen LogP contribution in [0.3, 0.4) is 0 Å². The van der Waals surface area contributed by atoms with Crippen LogP contribution in [0.25, 0.3) is 5.65 Å². The third-order valence-electron chi connectivity index (χ3n) is 5.31. The molecule has 0 aliphatic carbocycles. The Morgan fingerprint density at radius 2 is 2.07 bits per heavy atom. The number of fused-ring (bicyclic) bond motifs is 1. The first-order chi connectivity index (χ1) is 13.6. The predicted molar refractivity (Wildman–Crippen MR) is 109 cm³/mol. The van der Waals surface area contributed by atoms with Crippen LogP contribution in [0.5, 0.6) is 5.75 Å². The molecule has 1 amide bonds. The number of likely N-dealkylation sites (tertiary alicyclic amines) is 1. The van der Waals surface area contributed by atoms with Crippen molar-refractivity contribution in [1.29, 1.82) is 0 Å². The van der Waals surface area contributed by atoms with Crippen LogP contribution in [0.4, 0.5) is 0 Å². The van der Waals surface area contributed by atoms with Crippen LogP contribution in [0.1, 0.15) is 34.5 Å². The molecular weight excluding hydrogens is 352 g/mol. The van der Waals surface area contributed by atoms with Crippen LogP contribution in [0.15, 0.2) is 48.8 Å². The highest BCUT2D eigenvalue weighted by Crippen LogP contribution is 2.18. The van der Waals surface area contributed by atoms with Crippen molar-refractivity contribution in [3.05, 3.63) is 65.6 Å². The Morgan fingerprint density at radius 3 is 2.86 bits per heavy atom. The molecule has 1 N–H and O–H groups in total. The SMILES string of the molecule is COc1cccc(CN2CCC(NC(=O)c3cn4ccc(C)cc4n3)CC2)c1. The van der Waals surface area contributed by atoms with E-state index in [1.165, 1.54) is 5.56 Å². The number of piperidine rings is 1. The molecule has 6 nitrogen and oxygen atoms in total. The second-order valence-corrected chi connectivity index (χ2v) is 7.47. The van der Waals surface area contributed by atoms with Gasteiger partial charge in [-0.25, -0.2) is 4.98 Å². The van der Waals surface area contributed by atoms with Gasteiger partial charge in [0.1, 0.15) is 17.1 Å². The van der Waals surface area contributed by atoms with Gasteiger partial charge in [-0.15, -0.1) is 0 Å². The van der Waals surface area contributed by atoms with E-state index in [-0.39, 0.29) is 11.9 Å². The number of nitrogens with one attached hydrogen (secondary N) is 1. The molecule has 2 aromatic heterocycles. The smallest absolute Gasteiger partial charge is 0.271 e. The summed E-state index contributed by atoms with van der Waals surface area (Å²) in [5, 5.41) is 3.15. The molecule has 146 valence electrons. The number of ether oxygens (including phenoxy) is 1. The summed E-state index contributed by atoms with van der Waals surface area (Å²) in [7, 11) is 1.69. The molecule has 6 heteroatoms. The fourth-order valence-electron chi connectivity index (χ4n) is 3.72. The van der Waals surface area contributed by atoms with Crippen LogP contribution < -0.4 is 10.1 Å². The van der Waals surface area contributed by atoms with Crippen LogP contribution in [0.2, 0.25) is 0 Å². The van der Waals surface area contributed by atoms with Crippen molar-refractivity contribution in [1.82, 2.24) is 19.6 Å². The van der Waals surface area contributed by atoms with Gasteiger partial charge in [-0.05, 0) is 55.2 Å². The maximum Gasteiger partial charge on any atom is 0.271 e. The number of aryl methyl sites for hydroxylation is 1. The number of carbonyl (C=O) groups is 1. The molecule has 1 aliphatic rings. The summed E-state index contributed by atoms with van der Waals surface area (Å²) < 4.78 is 7.19. The number of hydrogen-bond donors (Lipinski definition) is 1. The van der Waals surface area contributed by atoms with Gasteiger partial charge in [0.15, 0.2) is 0 Å². The second kappa shape index (κ2) is 8.02. The molecule has 1 aliphatic heterocycles. The molecular formula is C22H26N4O2. The van der Waals surface area contributed by atoms with Gasteiger partial charge in [0.2, 0.25) is 0 Å². The van der Waals surface area contributed by atoms with E-state index < -0.39 is 0 Å². The molecule has 0 bridgehead atoms. The lowest BCUT2D eigenvalue weighted by molar-refractivity contribution is 0.0904. The highest BCUT2D eigenvalue weighted by Gasteiger charge is 2.22. The van der Waals surface area contributed by atoms with E-state index >= 15 is 0 Å². The maximum atomic E-state index is 12.6. The van der Waals surface area contributed by atoms with Gasteiger partial charge >= 0.3 is 0 Å². The third kappa shape index (κ3) is 4.17. The maximum absolute atomic E-state index is 12.6. The van der Waals surface area contributed by atoms with E-state index in [0.717, 1.165) is 49.4 Å². The number of imidazole rings is 1. The number of nitrogens with zero attached hydrogens (tertiary/aromatic N) is 3. The van der Waals surface area contributed by atoms with E-state index in [9.17, 15) is 4.79 Å². The monoisotopic (exact) mass is 378 g/mol. The number of pyridine rings is 1. The van der Waals surface area contributed by atoms with Crippen molar-refractivity contribution in [3.8, 4) is 5.75 Å². The molecule has 4 rings (SSSR count). The van der Waals surface area contributed by atoms with Crippen molar-refractivity contribution in [3.63, 3.8) is 0 Å². The first kappa shape index (κ1) is 18.5. The minimum atomic E-state index is -0.0902. The molecule has 0 atom stereocenters. The summed E-state index contributed by atoms with van der Waals surface area (Å²) in [5.41, 5.74) is 3.66. The largest absolute Gasteiger partial charge is 0.497 e. The number of benzene rings is 1. The van der Waals surface area contributed by atoms with Crippen LogP contribution >= 0.6 is 0 Å². The van der Waals surface area contributed by atoms with Gasteiger partial charge < -0.3 is 14.5 Å². The average molecular weight is 378 g/mol. The van der Waals surface area contributed by atoms with E-state index in [2.05, 4.69) is 27.3 Å². The van der Waals surface area contributed by atoms with E-state index in [1.54, 1.807) is 13.3 Å². The summed E-state index contributed by atoms with van der Waals surface area (Å²) in [6.45, 7) is 4.86. The summed E-state index contributed by atoms with van der Waals surface area (Å²) in [4.78, 5) is 19.5. The number of amides is 1. The van der Waals surface area contributed by atoms with Gasteiger partial charge in [-0.2, -0.15) is 0 Å². The van der Waals surface area contributed by atoms with Crippen LogP contribution in [-0.2, 0) is 6.54 Å². The lowest BCUT2D eigenvalue weighted by Gasteiger charge is -2.32. The lowest BCUT2D eigenvalue weighted by Crippen LogP contribution is -2.44. The Kier molecular flexibility index (Phi) is 5.30. The minimum absolute atomic E-state index is 0.0902. The quantitative estimate of drug-likeness (QED) is 0.741. The van der Waals surface area contributed by atoms with Gasteiger partial charge in [-0.1, -0.05) is 12.1 Å². The lowest BCUT2D eigenvalue weighted by atomic mass is 10.0. The topological polar surface area (TPSA) is 58.9 Å². The zero-order valence-corrected chi connectivity index (χ0v) is 16.4. The van der Waals surface area contributed by atoms with E-state index in [4.69, 9.17) is 4.74 Å². The molecule has 3 aromatic rings. The zero-order chi connectivity index (χ0) is 19.5. The van der Waals surface area contributed by atoms with Crippen LogP contribution in [0, 0.1) is 6.92 Å². The minimum Gasteiger partial charge on any atom is -0.497 e. The normalized spacial score (nSPS) is 15.6. The Bertz CT molecular complexity index is 974. The highest BCUT2D eigenvalue weighted by molar-refractivity contribution is 5.93. The van der Waals surface area contributed by atoms with Gasteiger partial charge in [0, 0.05) is 38.1 Å². The number of aromatic nitrogens is 2. The average Bonchev–Trinajstić information content (AvgIpc) is 3.13. The van der Waals surface area contributed by atoms with Gasteiger partial charge in [0.25, 0.3) is 5.91 Å². The van der Waals surface area contributed by atoms with Gasteiger partial charge in [0.05, 0.1) is 7.11 Å². The Balaban J connectivity index is 1.31. The standard InChI is InChI=1S/C22H26N4O2/c1-16-6-11-26-15-20(24-21(26)12-16)22(27)23-18-7-9-25(10-8-18)14-17-4-3-5-19(13-17)28-2/h3-6,11-13,15,18H,7-10,14H2,1-2H3,(H,23,27). The first-order valence-corrected chi connectivity index (χ1v) is 9.72. The summed E-state index contributed by atoms with van der Waals surface area (Å²) >= 11 is 0.